The molecule has 0 radical (unpaired) electrons. The van der Waals surface area contributed by atoms with Gasteiger partial charge in [0.1, 0.15) is 28.9 Å². The summed E-state index contributed by atoms with van der Waals surface area (Å²) in [5.74, 6) is 1.22. The minimum absolute atomic E-state index is 0.204. The maximum Gasteiger partial charge on any atom is 0.321 e. The Hall–Kier alpha value is -3.59. The summed E-state index contributed by atoms with van der Waals surface area (Å²) in [5.41, 5.74) is 1.60. The van der Waals surface area contributed by atoms with Gasteiger partial charge >= 0.3 is 5.97 Å². The average Bonchev–Trinajstić information content (AvgIpc) is 3.32. The summed E-state index contributed by atoms with van der Waals surface area (Å²) in [7, 11) is 4.86. The monoisotopic (exact) mass is 507 g/mol. The number of hydrogen-bond acceptors (Lipinski definition) is 7. The normalized spacial score (nSPS) is 17.9. The van der Waals surface area contributed by atoms with Crippen LogP contribution >= 0.6 is 0 Å². The molecule has 8 heteroatoms. The number of likely N-dealkylation sites (tertiary alicyclic amines) is 1. The summed E-state index contributed by atoms with van der Waals surface area (Å²) in [6.07, 6.45) is -0.466. The quantitative estimate of drug-likeness (QED) is 0.381. The first kappa shape index (κ1) is 26.5. The van der Waals surface area contributed by atoms with E-state index in [4.69, 9.17) is 18.9 Å². The number of benzene rings is 3. The number of β-amino-alcohol motifs (C(OH)–C–C–N with tert-alkyl or cyclic N) is 1. The number of aliphatic hydroxyl groups is 1. The number of aliphatic carboxylic acids is 1. The highest BCUT2D eigenvalue weighted by atomic mass is 16.5. The van der Waals surface area contributed by atoms with E-state index in [9.17, 15) is 15.0 Å². The zero-order valence-corrected chi connectivity index (χ0v) is 21.3. The van der Waals surface area contributed by atoms with Gasteiger partial charge in [-0.15, -0.1) is 0 Å². The van der Waals surface area contributed by atoms with Crippen molar-refractivity contribution in [3.63, 3.8) is 0 Å². The predicted octanol–water partition coefficient (Wildman–Crippen LogP) is 3.54. The van der Waals surface area contributed by atoms with Crippen molar-refractivity contribution in [3.8, 4) is 17.2 Å². The van der Waals surface area contributed by atoms with Crippen molar-refractivity contribution in [2.75, 3.05) is 41.0 Å². The smallest absolute Gasteiger partial charge is 0.321 e. The van der Waals surface area contributed by atoms with E-state index in [2.05, 4.69) is 0 Å². The molecule has 1 heterocycles. The minimum Gasteiger partial charge on any atom is -0.497 e. The molecule has 0 bridgehead atoms. The molecule has 1 saturated heterocycles. The summed E-state index contributed by atoms with van der Waals surface area (Å²) >= 11 is 0. The van der Waals surface area contributed by atoms with Crippen LogP contribution in [0.2, 0.25) is 0 Å². The van der Waals surface area contributed by atoms with Gasteiger partial charge in [-0.1, -0.05) is 36.4 Å². The molecule has 4 rings (SSSR count). The van der Waals surface area contributed by atoms with E-state index in [0.29, 0.717) is 13.1 Å². The maximum absolute atomic E-state index is 11.7. The second-order valence-corrected chi connectivity index (χ2v) is 8.95. The molecule has 3 aromatic rings. The van der Waals surface area contributed by atoms with Crippen molar-refractivity contribution in [3.05, 3.63) is 89.5 Å². The van der Waals surface area contributed by atoms with Gasteiger partial charge in [-0.25, -0.2) is 0 Å². The van der Waals surface area contributed by atoms with E-state index < -0.39 is 23.7 Å². The first-order chi connectivity index (χ1) is 17.9. The highest BCUT2D eigenvalue weighted by Crippen LogP contribution is 2.42. The predicted molar refractivity (Wildman–Crippen MR) is 138 cm³/mol. The number of hydrogen-bond donors (Lipinski definition) is 2. The van der Waals surface area contributed by atoms with Gasteiger partial charge in [-0.3, -0.25) is 9.69 Å². The number of carboxylic acids is 1. The van der Waals surface area contributed by atoms with Crippen LogP contribution in [0.25, 0.3) is 0 Å². The lowest BCUT2D eigenvalue weighted by Crippen LogP contribution is -2.40. The fourth-order valence-corrected chi connectivity index (χ4v) is 4.93. The van der Waals surface area contributed by atoms with Crippen molar-refractivity contribution in [1.29, 1.82) is 0 Å². The van der Waals surface area contributed by atoms with Gasteiger partial charge in [0.2, 0.25) is 0 Å². The number of methoxy groups -OCH3 is 3. The van der Waals surface area contributed by atoms with Gasteiger partial charge < -0.3 is 29.2 Å². The molecule has 0 aromatic heterocycles. The molecule has 2 N–H and O–H groups in total. The summed E-state index contributed by atoms with van der Waals surface area (Å²) in [6.45, 7) is 0.861. The van der Waals surface area contributed by atoms with Gasteiger partial charge in [0.05, 0.1) is 34.0 Å². The van der Waals surface area contributed by atoms with Crippen LogP contribution in [0.5, 0.6) is 17.2 Å². The molecule has 2 atom stereocenters. The largest absolute Gasteiger partial charge is 0.497 e. The van der Waals surface area contributed by atoms with Gasteiger partial charge in [0.25, 0.3) is 0 Å². The highest BCUT2D eigenvalue weighted by Gasteiger charge is 2.40. The van der Waals surface area contributed by atoms with Gasteiger partial charge in [0, 0.05) is 19.5 Å². The second kappa shape index (κ2) is 11.6. The first-order valence-electron chi connectivity index (χ1n) is 12.1. The Kier molecular flexibility index (Phi) is 8.33. The number of aliphatic hydroxyl groups excluding tert-OH is 1. The third-order valence-electron chi connectivity index (χ3n) is 6.85. The molecule has 0 aliphatic carbocycles. The molecule has 0 spiro atoms. The molecular formula is C29H33NO7. The second-order valence-electron chi connectivity index (χ2n) is 8.95. The highest BCUT2D eigenvalue weighted by molar-refractivity contribution is 5.74. The SMILES string of the molecule is COc1ccc(C(OCCN2C[C@@H](O)C[C@@H]2C(=O)O)(c2ccc(OC)cc2)c2ccc(OC)cc2)cc1. The summed E-state index contributed by atoms with van der Waals surface area (Å²) in [5, 5.41) is 19.7. The van der Waals surface area contributed by atoms with Crippen molar-refractivity contribution < 1.29 is 34.0 Å². The molecule has 1 aliphatic rings. The van der Waals surface area contributed by atoms with E-state index in [1.807, 2.05) is 72.8 Å². The minimum atomic E-state index is -1.03. The zero-order valence-electron chi connectivity index (χ0n) is 21.3. The Labute approximate surface area is 217 Å². The van der Waals surface area contributed by atoms with Crippen LogP contribution in [0.1, 0.15) is 23.1 Å². The van der Waals surface area contributed by atoms with Gasteiger partial charge in [-0.05, 0) is 53.1 Å². The Morgan fingerprint density at radius 1 is 0.811 bits per heavy atom. The molecule has 1 aliphatic heterocycles. The Balaban J connectivity index is 1.78. The summed E-state index contributed by atoms with van der Waals surface area (Å²) in [6, 6.07) is 22.4. The number of carboxylic acid groups (broad SMARTS) is 1. The lowest BCUT2D eigenvalue weighted by molar-refractivity contribution is -0.142. The van der Waals surface area contributed by atoms with Crippen molar-refractivity contribution in [1.82, 2.24) is 4.90 Å². The van der Waals surface area contributed by atoms with Crippen molar-refractivity contribution >= 4 is 5.97 Å². The number of ether oxygens (including phenoxy) is 4. The van der Waals surface area contributed by atoms with Gasteiger partial charge in [0.15, 0.2) is 0 Å². The number of nitrogens with zero attached hydrogens (tertiary/aromatic N) is 1. The van der Waals surface area contributed by atoms with Crippen molar-refractivity contribution in [2.45, 2.75) is 24.2 Å². The fourth-order valence-electron chi connectivity index (χ4n) is 4.93. The fraction of sp³-hybridized carbons (Fsp3) is 0.345. The van der Waals surface area contributed by atoms with Crippen LogP contribution in [0.15, 0.2) is 72.8 Å². The van der Waals surface area contributed by atoms with Crippen LogP contribution in [-0.2, 0) is 15.1 Å². The maximum atomic E-state index is 11.7. The number of carbonyl (C=O) groups is 1. The van der Waals surface area contributed by atoms with Crippen LogP contribution in [0.4, 0.5) is 0 Å². The molecule has 37 heavy (non-hydrogen) atoms. The lowest BCUT2D eigenvalue weighted by atomic mass is 9.80. The molecule has 3 aromatic carbocycles. The molecule has 8 nitrogen and oxygen atoms in total. The molecular weight excluding hydrogens is 474 g/mol. The van der Waals surface area contributed by atoms with Crippen molar-refractivity contribution in [2.24, 2.45) is 0 Å². The Bertz CT molecular complexity index is 1050. The first-order valence-corrected chi connectivity index (χ1v) is 12.1. The van der Waals surface area contributed by atoms with E-state index in [0.717, 1.165) is 33.9 Å². The summed E-state index contributed by atoms with van der Waals surface area (Å²) < 4.78 is 23.0. The van der Waals surface area contributed by atoms with Gasteiger partial charge in [-0.2, -0.15) is 0 Å². The van der Waals surface area contributed by atoms with E-state index in [-0.39, 0.29) is 13.0 Å². The van der Waals surface area contributed by atoms with E-state index in [1.54, 1.807) is 26.2 Å². The molecule has 1 fully saturated rings. The third-order valence-corrected chi connectivity index (χ3v) is 6.85. The zero-order chi connectivity index (χ0) is 26.4. The van der Waals surface area contributed by atoms with Crippen LogP contribution in [0.3, 0.4) is 0 Å². The topological polar surface area (TPSA) is 97.7 Å². The van der Waals surface area contributed by atoms with E-state index in [1.165, 1.54) is 0 Å². The van der Waals surface area contributed by atoms with Crippen LogP contribution < -0.4 is 14.2 Å². The van der Waals surface area contributed by atoms with E-state index >= 15 is 0 Å². The van der Waals surface area contributed by atoms with Crippen LogP contribution in [0, 0.1) is 0 Å². The Morgan fingerprint density at radius 3 is 1.57 bits per heavy atom. The van der Waals surface area contributed by atoms with Crippen LogP contribution in [-0.4, -0.2) is 74.3 Å². The average molecular weight is 508 g/mol. The molecule has 0 unspecified atom stereocenters. The summed E-state index contributed by atoms with van der Waals surface area (Å²) in [4.78, 5) is 13.5. The number of rotatable bonds is 11. The molecule has 0 saturated carbocycles. The standard InChI is InChI=1S/C29H33NO7/c1-34-24-10-4-20(5-11-24)29(21-6-12-25(35-2)13-7-21,22-8-14-26(36-3)15-9-22)37-17-16-30-19-23(31)18-27(30)28(32)33/h4-15,23,27,31H,16-19H2,1-3H3,(H,32,33)/t23-,27+/m0/s1. The Morgan fingerprint density at radius 2 is 1.22 bits per heavy atom. The molecule has 0 amide bonds. The third kappa shape index (κ3) is 5.56. The lowest BCUT2D eigenvalue weighted by Gasteiger charge is -2.37. The molecule has 196 valence electrons.